The largest absolute Gasteiger partial charge is 0.394 e. The van der Waals surface area contributed by atoms with Crippen LogP contribution in [0.2, 0.25) is 0 Å². The summed E-state index contributed by atoms with van der Waals surface area (Å²) in [6.45, 7) is 1.21. The van der Waals surface area contributed by atoms with Crippen molar-refractivity contribution in [2.24, 2.45) is 0 Å². The summed E-state index contributed by atoms with van der Waals surface area (Å²) >= 11 is 1.94. The van der Waals surface area contributed by atoms with Crippen molar-refractivity contribution in [3.63, 3.8) is 0 Å². The highest BCUT2D eigenvalue weighted by Gasteiger charge is 2.49. The number of aliphatic hydroxyl groups excluding tert-OH is 6. The summed E-state index contributed by atoms with van der Waals surface area (Å²) in [5, 5.41) is 69.9. The summed E-state index contributed by atoms with van der Waals surface area (Å²) in [4.78, 5) is 11.5. The van der Waals surface area contributed by atoms with E-state index in [0.717, 1.165) is 38.0 Å². The van der Waals surface area contributed by atoms with Crippen molar-refractivity contribution in [3.8, 4) is 0 Å². The first kappa shape index (κ1) is 34.0. The number of carbonyl (C=O) groups is 1. The lowest BCUT2D eigenvalue weighted by Gasteiger charge is -2.44. The van der Waals surface area contributed by atoms with Gasteiger partial charge < -0.3 is 70.3 Å². The lowest BCUT2D eigenvalue weighted by Crippen LogP contribution is -2.62. The van der Waals surface area contributed by atoms with Gasteiger partial charge in [-0.15, -0.1) is 0 Å². The highest BCUT2D eigenvalue weighted by molar-refractivity contribution is 8.00. The molecule has 0 radical (unpaired) electrons. The van der Waals surface area contributed by atoms with Crippen LogP contribution in [-0.4, -0.2) is 161 Å². The fraction of sp³-hybridized carbons (Fsp3) is 0.962. The molecule has 15 nitrogen and oxygen atoms in total. The summed E-state index contributed by atoms with van der Waals surface area (Å²) in [5.41, 5.74) is 0. The van der Waals surface area contributed by atoms with Crippen LogP contribution < -0.4 is 16.0 Å². The zero-order chi connectivity index (χ0) is 30.1. The number of aliphatic hydroxyl groups is 6. The molecule has 9 N–H and O–H groups in total. The average Bonchev–Trinajstić information content (AvgIpc) is 3.53. The molecule has 16 heteroatoms. The molecule has 0 unspecified atom stereocenters. The van der Waals surface area contributed by atoms with E-state index < -0.39 is 68.5 Å². The standard InChI is InChI=1S/C26H47N3O12S/c30-11-17-15(32)10-16(33)24(39-17)41-23-22(35)21(34)18(12-31)40-25(23)38-9-8-37-7-6-27-5-3-1-2-4-19-20-14(13-42-19)28-26(36)29-20/h14-25,27,30-35H,1-13H2,(H2,28,29,36)/t14-,15+,16-,17+,18-,19-,20-,21+,22+,23-,24+,25+/m0/s1. The number of ether oxygens (including phenoxy) is 5. The van der Waals surface area contributed by atoms with Crippen LogP contribution in [-0.2, 0) is 23.7 Å². The van der Waals surface area contributed by atoms with Crippen LogP contribution >= 0.6 is 11.8 Å². The number of thioether (sulfide) groups is 1. The number of carbonyl (C=O) groups excluding carboxylic acids is 1. The average molecular weight is 626 g/mol. The van der Waals surface area contributed by atoms with E-state index in [-0.39, 0.29) is 37.7 Å². The molecule has 4 rings (SSSR count). The van der Waals surface area contributed by atoms with E-state index in [1.165, 1.54) is 0 Å². The van der Waals surface area contributed by atoms with Crippen molar-refractivity contribution < 1.29 is 59.1 Å². The molecule has 0 aromatic carbocycles. The lowest BCUT2D eigenvalue weighted by molar-refractivity contribution is -0.358. The van der Waals surface area contributed by atoms with E-state index in [0.29, 0.717) is 18.4 Å². The maximum absolute atomic E-state index is 11.5. The van der Waals surface area contributed by atoms with Gasteiger partial charge in [0.05, 0.1) is 51.2 Å². The van der Waals surface area contributed by atoms with E-state index in [9.17, 15) is 35.4 Å². The molecular weight excluding hydrogens is 578 g/mol. The van der Waals surface area contributed by atoms with E-state index in [2.05, 4.69) is 16.0 Å². The van der Waals surface area contributed by atoms with Crippen LogP contribution in [0.15, 0.2) is 0 Å². The molecule has 2 amide bonds. The number of urea groups is 1. The van der Waals surface area contributed by atoms with Crippen molar-refractivity contribution in [2.45, 2.75) is 105 Å². The molecule has 4 heterocycles. The summed E-state index contributed by atoms with van der Waals surface area (Å²) in [7, 11) is 0. The minimum Gasteiger partial charge on any atom is -0.394 e. The Labute approximate surface area is 249 Å². The Morgan fingerprint density at radius 3 is 2.45 bits per heavy atom. The second-order valence-electron chi connectivity index (χ2n) is 11.1. The Balaban J connectivity index is 1.07. The first-order valence-electron chi connectivity index (χ1n) is 14.8. The predicted molar refractivity (Wildman–Crippen MR) is 149 cm³/mol. The van der Waals surface area contributed by atoms with Crippen molar-refractivity contribution in [3.05, 3.63) is 0 Å². The molecular formula is C26H47N3O12S. The normalized spacial score (nSPS) is 40.1. The molecule has 0 aromatic rings. The van der Waals surface area contributed by atoms with E-state index in [4.69, 9.17) is 23.7 Å². The van der Waals surface area contributed by atoms with Gasteiger partial charge in [-0.3, -0.25) is 0 Å². The maximum Gasteiger partial charge on any atom is 0.315 e. The van der Waals surface area contributed by atoms with Gasteiger partial charge >= 0.3 is 6.03 Å². The summed E-state index contributed by atoms with van der Waals surface area (Å²) < 4.78 is 28.0. The minimum absolute atomic E-state index is 0.0481. The van der Waals surface area contributed by atoms with Crippen LogP contribution in [0.3, 0.4) is 0 Å². The Morgan fingerprint density at radius 2 is 1.67 bits per heavy atom. The van der Waals surface area contributed by atoms with Crippen molar-refractivity contribution in [2.75, 3.05) is 51.9 Å². The predicted octanol–water partition coefficient (Wildman–Crippen LogP) is -3.01. The third-order valence-electron chi connectivity index (χ3n) is 8.04. The highest BCUT2D eigenvalue weighted by atomic mass is 32.2. The molecule has 4 saturated heterocycles. The number of hydrogen-bond acceptors (Lipinski definition) is 14. The van der Waals surface area contributed by atoms with Gasteiger partial charge in [0.15, 0.2) is 12.6 Å². The second kappa shape index (κ2) is 17.0. The first-order valence-corrected chi connectivity index (χ1v) is 15.9. The quantitative estimate of drug-likeness (QED) is 0.0581. The summed E-state index contributed by atoms with van der Waals surface area (Å²) in [6.07, 6.45) is -7.02. The van der Waals surface area contributed by atoms with Crippen LogP contribution in [0, 0.1) is 0 Å². The van der Waals surface area contributed by atoms with Gasteiger partial charge in [-0.05, 0) is 19.4 Å². The summed E-state index contributed by atoms with van der Waals surface area (Å²) in [6, 6.07) is 0.474. The number of unbranched alkanes of at least 4 members (excludes halogenated alkanes) is 2. The number of nitrogens with one attached hydrogen (secondary N) is 3. The van der Waals surface area contributed by atoms with E-state index in [1.807, 2.05) is 11.8 Å². The monoisotopic (exact) mass is 625 g/mol. The van der Waals surface area contributed by atoms with Gasteiger partial charge in [0.2, 0.25) is 0 Å². The SMILES string of the molecule is O=C1N[C@H]2[C@H](CS[C@H]2CCCCCNCCOCCO[C@@H]2O[C@@H](CO)[C@@H](O)[C@@H](O)[C@@H]2O[C@H]2O[C@H](CO)[C@H](O)C[C@@H]2O)N1. The minimum atomic E-state index is -1.53. The molecule has 4 aliphatic rings. The van der Waals surface area contributed by atoms with Gasteiger partial charge in [0.25, 0.3) is 0 Å². The van der Waals surface area contributed by atoms with Gasteiger partial charge in [-0.25, -0.2) is 4.79 Å². The van der Waals surface area contributed by atoms with E-state index in [1.54, 1.807) is 0 Å². The summed E-state index contributed by atoms with van der Waals surface area (Å²) in [5.74, 6) is 0.980. The first-order chi connectivity index (χ1) is 20.3. The van der Waals surface area contributed by atoms with Crippen LogP contribution in [0.25, 0.3) is 0 Å². The molecule has 4 aliphatic heterocycles. The molecule has 0 bridgehead atoms. The van der Waals surface area contributed by atoms with E-state index >= 15 is 0 Å². The molecule has 0 spiro atoms. The Kier molecular flexibility index (Phi) is 13.8. The number of fused-ring (bicyclic) bond motifs is 1. The van der Waals surface area contributed by atoms with Crippen molar-refractivity contribution in [1.29, 1.82) is 0 Å². The Morgan fingerprint density at radius 1 is 0.881 bits per heavy atom. The zero-order valence-electron chi connectivity index (χ0n) is 23.7. The molecule has 0 aliphatic carbocycles. The maximum atomic E-state index is 11.5. The van der Waals surface area contributed by atoms with Crippen molar-refractivity contribution in [1.82, 2.24) is 16.0 Å². The van der Waals surface area contributed by atoms with Crippen LogP contribution in [0.5, 0.6) is 0 Å². The molecule has 42 heavy (non-hydrogen) atoms. The fourth-order valence-corrected chi connectivity index (χ4v) is 7.20. The highest BCUT2D eigenvalue weighted by Crippen LogP contribution is 2.33. The molecule has 244 valence electrons. The number of hydrogen-bond donors (Lipinski definition) is 9. The van der Waals surface area contributed by atoms with Gasteiger partial charge in [0, 0.05) is 24.0 Å². The number of rotatable bonds is 17. The van der Waals surface area contributed by atoms with Crippen LogP contribution in [0.4, 0.5) is 4.79 Å². The van der Waals surface area contributed by atoms with Crippen molar-refractivity contribution >= 4 is 17.8 Å². The van der Waals surface area contributed by atoms with Crippen LogP contribution in [0.1, 0.15) is 32.1 Å². The molecule has 12 atom stereocenters. The fourth-order valence-electron chi connectivity index (χ4n) is 5.65. The molecule has 0 saturated carbocycles. The topological polar surface area (TPSA) is 221 Å². The van der Waals surface area contributed by atoms with Gasteiger partial charge in [-0.2, -0.15) is 11.8 Å². The third-order valence-corrected chi connectivity index (χ3v) is 9.55. The Bertz CT molecular complexity index is 820. The number of amides is 2. The molecule has 4 fully saturated rings. The smallest absolute Gasteiger partial charge is 0.315 e. The van der Waals surface area contributed by atoms with Gasteiger partial charge in [0.1, 0.15) is 36.6 Å². The Hall–Kier alpha value is -0.860. The van der Waals surface area contributed by atoms with Gasteiger partial charge in [-0.1, -0.05) is 12.8 Å². The second-order valence-corrected chi connectivity index (χ2v) is 12.4. The zero-order valence-corrected chi connectivity index (χ0v) is 24.5. The molecule has 0 aromatic heterocycles. The lowest BCUT2D eigenvalue weighted by atomic mass is 9.98. The third kappa shape index (κ3) is 9.09.